The Morgan fingerprint density at radius 1 is 1.20 bits per heavy atom. The van der Waals surface area contributed by atoms with Gasteiger partial charge in [-0.15, -0.1) is 11.3 Å². The van der Waals surface area contributed by atoms with Crippen molar-refractivity contribution in [1.82, 2.24) is 9.55 Å². The Kier molecular flexibility index (Phi) is 4.47. The van der Waals surface area contributed by atoms with Crippen LogP contribution in [0.2, 0.25) is 0 Å². The van der Waals surface area contributed by atoms with Crippen molar-refractivity contribution in [2.45, 2.75) is 39.7 Å². The van der Waals surface area contributed by atoms with Gasteiger partial charge >= 0.3 is 5.97 Å². The molecule has 2 heterocycles. The first-order valence-electron chi connectivity index (χ1n) is 8.16. The summed E-state index contributed by atoms with van der Waals surface area (Å²) in [7, 11) is 0. The number of fused-ring (bicyclic) bond motifs is 1. The van der Waals surface area contributed by atoms with Gasteiger partial charge < -0.3 is 5.11 Å². The molecule has 3 aromatic rings. The Hall–Kier alpha value is -2.47. The summed E-state index contributed by atoms with van der Waals surface area (Å²) >= 11 is 1.48. The van der Waals surface area contributed by atoms with Gasteiger partial charge in [-0.2, -0.15) is 0 Å². The van der Waals surface area contributed by atoms with E-state index in [1.807, 2.05) is 51.1 Å². The summed E-state index contributed by atoms with van der Waals surface area (Å²) in [5.41, 5.74) is 1.50. The normalized spacial score (nSPS) is 12.7. The minimum atomic E-state index is -1.04. The third-order valence-electron chi connectivity index (χ3n) is 4.28. The molecule has 1 N–H and O–H groups in total. The lowest BCUT2D eigenvalue weighted by Crippen LogP contribution is -2.32. The summed E-state index contributed by atoms with van der Waals surface area (Å²) in [5, 5.41) is 9.95. The second-order valence-electron chi connectivity index (χ2n) is 6.39. The van der Waals surface area contributed by atoms with Crippen LogP contribution in [0.1, 0.15) is 43.4 Å². The third kappa shape index (κ3) is 2.87. The van der Waals surface area contributed by atoms with Gasteiger partial charge in [-0.1, -0.05) is 44.2 Å². The summed E-state index contributed by atoms with van der Waals surface area (Å²) < 4.78 is 1.33. The highest BCUT2D eigenvalue weighted by molar-refractivity contribution is 7.19. The Bertz CT molecular complexity index is 1000. The molecule has 0 aliphatic heterocycles. The van der Waals surface area contributed by atoms with E-state index in [0.29, 0.717) is 16.0 Å². The van der Waals surface area contributed by atoms with Gasteiger partial charge in [-0.05, 0) is 19.4 Å². The number of aryl methyl sites for hydroxylation is 1. The first kappa shape index (κ1) is 17.4. The van der Waals surface area contributed by atoms with E-state index in [-0.39, 0.29) is 11.5 Å². The number of benzene rings is 1. The Labute approximate surface area is 149 Å². The molecule has 0 radical (unpaired) electrons. The average molecular weight is 356 g/mol. The van der Waals surface area contributed by atoms with Gasteiger partial charge in [0.15, 0.2) is 0 Å². The fraction of sp³-hybridized carbons (Fsp3) is 0.316. The van der Waals surface area contributed by atoms with Gasteiger partial charge in [0.25, 0.3) is 5.56 Å². The van der Waals surface area contributed by atoms with Gasteiger partial charge in [0.1, 0.15) is 16.7 Å². The molecule has 0 saturated heterocycles. The Morgan fingerprint density at radius 2 is 1.84 bits per heavy atom. The van der Waals surface area contributed by atoms with E-state index < -0.39 is 12.0 Å². The Morgan fingerprint density at radius 3 is 2.40 bits per heavy atom. The number of carbonyl (C=O) groups is 1. The van der Waals surface area contributed by atoms with Crippen molar-refractivity contribution in [2.24, 2.45) is 0 Å². The number of carboxylic acid groups (broad SMARTS) is 1. The summed E-state index contributed by atoms with van der Waals surface area (Å²) in [5.74, 6) is -0.590. The third-order valence-corrected chi connectivity index (χ3v) is 5.28. The van der Waals surface area contributed by atoms with Crippen LogP contribution in [-0.4, -0.2) is 20.6 Å². The van der Waals surface area contributed by atoms with Crippen LogP contribution in [0, 0.1) is 6.92 Å². The molecular formula is C19H20N2O3S. The molecule has 0 aliphatic carbocycles. The molecule has 25 heavy (non-hydrogen) atoms. The maximum absolute atomic E-state index is 13.3. The highest BCUT2D eigenvalue weighted by atomic mass is 32.1. The predicted molar refractivity (Wildman–Crippen MR) is 100 cm³/mol. The topological polar surface area (TPSA) is 72.2 Å². The number of nitrogens with zero attached hydrogens (tertiary/aromatic N) is 2. The van der Waals surface area contributed by atoms with Crippen LogP contribution < -0.4 is 5.56 Å². The van der Waals surface area contributed by atoms with Gasteiger partial charge in [0.2, 0.25) is 0 Å². The van der Waals surface area contributed by atoms with Crippen molar-refractivity contribution in [3.63, 3.8) is 0 Å². The maximum Gasteiger partial charge on any atom is 0.326 e. The van der Waals surface area contributed by atoms with Crippen molar-refractivity contribution in [3.8, 4) is 11.1 Å². The van der Waals surface area contributed by atoms with Gasteiger partial charge in [-0.25, -0.2) is 9.78 Å². The number of carboxylic acids is 1. The van der Waals surface area contributed by atoms with E-state index in [0.717, 1.165) is 16.0 Å². The molecule has 2 aromatic heterocycles. The molecule has 130 valence electrons. The van der Waals surface area contributed by atoms with Crippen molar-refractivity contribution >= 4 is 27.5 Å². The van der Waals surface area contributed by atoms with Crippen LogP contribution in [0.4, 0.5) is 0 Å². The molecule has 5 nitrogen and oxygen atoms in total. The number of thiophene rings is 1. The van der Waals surface area contributed by atoms with Crippen LogP contribution in [0.3, 0.4) is 0 Å². The fourth-order valence-electron chi connectivity index (χ4n) is 3.03. The lowest BCUT2D eigenvalue weighted by molar-refractivity contribution is -0.140. The zero-order chi connectivity index (χ0) is 18.3. The monoisotopic (exact) mass is 356 g/mol. The second-order valence-corrected chi connectivity index (χ2v) is 7.60. The smallest absolute Gasteiger partial charge is 0.326 e. The van der Waals surface area contributed by atoms with Crippen molar-refractivity contribution in [2.75, 3.05) is 0 Å². The fourth-order valence-corrected chi connectivity index (χ4v) is 4.08. The lowest BCUT2D eigenvalue weighted by atomic mass is 10.0. The molecule has 3 rings (SSSR count). The number of hydrogen-bond donors (Lipinski definition) is 1. The second kappa shape index (κ2) is 6.44. The molecule has 1 unspecified atom stereocenters. The molecule has 1 aromatic carbocycles. The maximum atomic E-state index is 13.3. The van der Waals surface area contributed by atoms with E-state index in [4.69, 9.17) is 0 Å². The largest absolute Gasteiger partial charge is 0.480 e. The standard InChI is InChI=1S/C19H20N2O3S/c1-10(2)16-20-17-15(18(22)21(16)11(3)19(23)24)14(12(4)25-17)13-8-6-5-7-9-13/h5-11H,1-4H3,(H,23,24). The van der Waals surface area contributed by atoms with E-state index >= 15 is 0 Å². The van der Waals surface area contributed by atoms with Crippen molar-refractivity contribution in [3.05, 3.63) is 51.4 Å². The summed E-state index contributed by atoms with van der Waals surface area (Å²) in [6.07, 6.45) is 0. The van der Waals surface area contributed by atoms with Gasteiger partial charge in [-0.3, -0.25) is 9.36 Å². The highest BCUT2D eigenvalue weighted by Gasteiger charge is 2.25. The SMILES string of the molecule is Cc1sc2nc(C(C)C)n(C(C)C(=O)O)c(=O)c2c1-c1ccccc1. The summed E-state index contributed by atoms with van der Waals surface area (Å²) in [6.45, 7) is 7.31. The minimum Gasteiger partial charge on any atom is -0.480 e. The van der Waals surface area contributed by atoms with Crippen LogP contribution in [0.25, 0.3) is 21.3 Å². The van der Waals surface area contributed by atoms with Gasteiger partial charge in [0, 0.05) is 16.4 Å². The molecular weight excluding hydrogens is 336 g/mol. The van der Waals surface area contributed by atoms with Crippen LogP contribution >= 0.6 is 11.3 Å². The highest BCUT2D eigenvalue weighted by Crippen LogP contribution is 2.36. The predicted octanol–water partition coefficient (Wildman–Crippen LogP) is 4.20. The summed E-state index contributed by atoms with van der Waals surface area (Å²) in [4.78, 5) is 31.1. The van der Waals surface area contributed by atoms with Crippen LogP contribution in [-0.2, 0) is 4.79 Å². The van der Waals surface area contributed by atoms with E-state index in [1.165, 1.54) is 22.8 Å². The van der Waals surface area contributed by atoms with E-state index in [9.17, 15) is 14.7 Å². The van der Waals surface area contributed by atoms with E-state index in [2.05, 4.69) is 4.98 Å². The Balaban J connectivity index is 2.44. The number of rotatable bonds is 4. The first-order valence-corrected chi connectivity index (χ1v) is 8.98. The number of aromatic nitrogens is 2. The molecule has 0 spiro atoms. The molecule has 0 amide bonds. The zero-order valence-corrected chi connectivity index (χ0v) is 15.4. The van der Waals surface area contributed by atoms with Crippen molar-refractivity contribution in [1.29, 1.82) is 0 Å². The molecule has 6 heteroatoms. The molecule has 0 fully saturated rings. The van der Waals surface area contributed by atoms with E-state index in [1.54, 1.807) is 0 Å². The number of hydrogen-bond acceptors (Lipinski definition) is 4. The molecule has 0 bridgehead atoms. The molecule has 0 aliphatic rings. The molecule has 1 atom stereocenters. The minimum absolute atomic E-state index is 0.0542. The lowest BCUT2D eigenvalue weighted by Gasteiger charge is -2.18. The zero-order valence-electron chi connectivity index (χ0n) is 14.6. The van der Waals surface area contributed by atoms with Gasteiger partial charge in [0.05, 0.1) is 5.39 Å². The summed E-state index contributed by atoms with van der Waals surface area (Å²) in [6, 6.07) is 8.71. The quantitative estimate of drug-likeness (QED) is 0.760. The van der Waals surface area contributed by atoms with Crippen LogP contribution in [0.15, 0.2) is 35.1 Å². The average Bonchev–Trinajstić information content (AvgIpc) is 2.91. The first-order chi connectivity index (χ1) is 11.8. The molecule has 0 saturated carbocycles. The number of aliphatic carboxylic acids is 1. The van der Waals surface area contributed by atoms with Crippen LogP contribution in [0.5, 0.6) is 0 Å². The van der Waals surface area contributed by atoms with Crippen molar-refractivity contribution < 1.29 is 9.90 Å².